The molecule has 2 aromatic carbocycles. The Hall–Kier alpha value is -1.22. The van der Waals surface area contributed by atoms with Crippen molar-refractivity contribution in [1.82, 2.24) is 0 Å². The van der Waals surface area contributed by atoms with E-state index in [0.29, 0.717) is 26.9 Å². The number of hydrogen-bond acceptors (Lipinski definition) is 2. The topological polar surface area (TPSA) is 29.5 Å². The van der Waals surface area contributed by atoms with Gasteiger partial charge in [-0.05, 0) is 30.2 Å². The van der Waals surface area contributed by atoms with Crippen LogP contribution >= 0.6 is 23.2 Å². The van der Waals surface area contributed by atoms with E-state index in [4.69, 9.17) is 27.9 Å². The Morgan fingerprint density at radius 3 is 2.58 bits per heavy atom. The molecule has 0 saturated heterocycles. The molecule has 1 unspecified atom stereocenters. The smallest absolute Gasteiger partial charge is 0.137 e. The molecule has 0 heterocycles. The van der Waals surface area contributed by atoms with Crippen LogP contribution in [0, 0.1) is 6.92 Å². The van der Waals surface area contributed by atoms with Gasteiger partial charge in [-0.3, -0.25) is 0 Å². The van der Waals surface area contributed by atoms with Crippen molar-refractivity contribution in [1.29, 1.82) is 0 Å². The minimum Gasteiger partial charge on any atom is -0.495 e. The van der Waals surface area contributed by atoms with E-state index in [1.54, 1.807) is 24.3 Å². The number of halogens is 2. The third kappa shape index (κ3) is 2.86. The van der Waals surface area contributed by atoms with Gasteiger partial charge in [-0.15, -0.1) is 0 Å². The summed E-state index contributed by atoms with van der Waals surface area (Å²) in [4.78, 5) is 0. The van der Waals surface area contributed by atoms with Gasteiger partial charge in [0.1, 0.15) is 11.9 Å². The predicted octanol–water partition coefficient (Wildman–Crippen LogP) is 4.39. The molecule has 1 atom stereocenters. The molecule has 0 fully saturated rings. The highest BCUT2D eigenvalue weighted by atomic mass is 35.5. The lowest BCUT2D eigenvalue weighted by Crippen LogP contribution is -2.02. The van der Waals surface area contributed by atoms with Crippen molar-refractivity contribution in [3.63, 3.8) is 0 Å². The molecule has 0 bridgehead atoms. The standard InChI is InChI=1S/C15H14Cl2O2/c1-9-4-3-5-11(14(9)17)15(18)10-6-7-12(16)13(8-10)19-2/h3-8,15,18H,1-2H3. The molecule has 0 amide bonds. The summed E-state index contributed by atoms with van der Waals surface area (Å²) in [5.74, 6) is 0.530. The molecular weight excluding hydrogens is 283 g/mol. The lowest BCUT2D eigenvalue weighted by Gasteiger charge is -2.15. The van der Waals surface area contributed by atoms with Gasteiger partial charge in [0, 0.05) is 10.6 Å². The Labute approximate surface area is 122 Å². The van der Waals surface area contributed by atoms with Crippen molar-refractivity contribution in [3.8, 4) is 5.75 Å². The first-order valence-electron chi connectivity index (χ1n) is 5.81. The maximum absolute atomic E-state index is 10.4. The van der Waals surface area contributed by atoms with Gasteiger partial charge in [0.2, 0.25) is 0 Å². The van der Waals surface area contributed by atoms with E-state index in [2.05, 4.69) is 0 Å². The van der Waals surface area contributed by atoms with Crippen molar-refractivity contribution in [2.45, 2.75) is 13.0 Å². The fraction of sp³-hybridized carbons (Fsp3) is 0.200. The van der Waals surface area contributed by atoms with Crippen LogP contribution < -0.4 is 4.74 Å². The summed E-state index contributed by atoms with van der Waals surface area (Å²) in [5.41, 5.74) is 2.29. The molecule has 19 heavy (non-hydrogen) atoms. The Bertz CT molecular complexity index is 597. The fourth-order valence-electron chi connectivity index (χ4n) is 1.91. The van der Waals surface area contributed by atoms with Crippen LogP contribution in [-0.2, 0) is 0 Å². The van der Waals surface area contributed by atoms with E-state index in [0.717, 1.165) is 5.56 Å². The van der Waals surface area contributed by atoms with Crippen molar-refractivity contribution in [2.75, 3.05) is 7.11 Å². The van der Waals surface area contributed by atoms with Crippen molar-refractivity contribution >= 4 is 23.2 Å². The van der Waals surface area contributed by atoms with Crippen LogP contribution in [0.3, 0.4) is 0 Å². The summed E-state index contributed by atoms with van der Waals surface area (Å²) in [5, 5.41) is 11.5. The Balaban J connectivity index is 2.44. The summed E-state index contributed by atoms with van der Waals surface area (Å²) in [6, 6.07) is 10.7. The number of aryl methyl sites for hydroxylation is 1. The molecule has 0 aromatic heterocycles. The van der Waals surface area contributed by atoms with E-state index in [1.807, 2.05) is 19.1 Å². The van der Waals surface area contributed by atoms with Gasteiger partial charge in [0.15, 0.2) is 0 Å². The maximum Gasteiger partial charge on any atom is 0.137 e. The van der Waals surface area contributed by atoms with Gasteiger partial charge in [0.25, 0.3) is 0 Å². The molecule has 0 radical (unpaired) electrons. The largest absolute Gasteiger partial charge is 0.495 e. The molecular formula is C15H14Cl2O2. The number of ether oxygens (including phenoxy) is 1. The summed E-state index contributed by atoms with van der Waals surface area (Å²) in [6.45, 7) is 1.90. The van der Waals surface area contributed by atoms with Crippen LogP contribution in [0.2, 0.25) is 10.0 Å². The molecule has 0 spiro atoms. The number of benzene rings is 2. The maximum atomic E-state index is 10.4. The fourth-order valence-corrected chi connectivity index (χ4v) is 2.33. The minimum atomic E-state index is -0.807. The molecule has 4 heteroatoms. The average molecular weight is 297 g/mol. The normalized spacial score (nSPS) is 12.3. The van der Waals surface area contributed by atoms with Gasteiger partial charge in [0.05, 0.1) is 12.1 Å². The zero-order chi connectivity index (χ0) is 14.0. The summed E-state index contributed by atoms with van der Waals surface area (Å²) >= 11 is 12.2. The highest BCUT2D eigenvalue weighted by molar-refractivity contribution is 6.32. The van der Waals surface area contributed by atoms with Gasteiger partial charge >= 0.3 is 0 Å². The molecule has 100 valence electrons. The quantitative estimate of drug-likeness (QED) is 0.910. The first-order valence-corrected chi connectivity index (χ1v) is 6.56. The van der Waals surface area contributed by atoms with Gasteiger partial charge in [-0.25, -0.2) is 0 Å². The summed E-state index contributed by atoms with van der Waals surface area (Å²) in [7, 11) is 1.54. The van der Waals surface area contributed by atoms with Crippen LogP contribution in [0.15, 0.2) is 36.4 Å². The second kappa shape index (κ2) is 5.83. The first kappa shape index (κ1) is 14.2. The van der Waals surface area contributed by atoms with Gasteiger partial charge < -0.3 is 9.84 Å². The molecule has 0 saturated carbocycles. The van der Waals surface area contributed by atoms with E-state index in [1.165, 1.54) is 7.11 Å². The summed E-state index contributed by atoms with van der Waals surface area (Å²) in [6.07, 6.45) is -0.807. The molecule has 2 aromatic rings. The molecule has 1 N–H and O–H groups in total. The molecule has 2 rings (SSSR count). The first-order chi connectivity index (χ1) is 9.04. The average Bonchev–Trinajstić information content (AvgIpc) is 2.41. The number of methoxy groups -OCH3 is 1. The molecule has 0 aliphatic rings. The van der Waals surface area contributed by atoms with Gasteiger partial charge in [-0.1, -0.05) is 47.5 Å². The third-order valence-electron chi connectivity index (χ3n) is 3.01. The Kier molecular flexibility index (Phi) is 4.35. The number of rotatable bonds is 3. The number of hydrogen-bond donors (Lipinski definition) is 1. The van der Waals surface area contributed by atoms with E-state index >= 15 is 0 Å². The van der Waals surface area contributed by atoms with Crippen LogP contribution in [0.1, 0.15) is 22.8 Å². The van der Waals surface area contributed by atoms with E-state index < -0.39 is 6.10 Å². The number of aliphatic hydroxyl groups excluding tert-OH is 1. The van der Waals surface area contributed by atoms with Crippen molar-refractivity contribution < 1.29 is 9.84 Å². The minimum absolute atomic E-state index is 0.508. The SMILES string of the molecule is COc1cc(C(O)c2cccc(C)c2Cl)ccc1Cl. The number of aliphatic hydroxyl groups is 1. The van der Waals surface area contributed by atoms with Crippen LogP contribution in [0.5, 0.6) is 5.75 Å². The third-order valence-corrected chi connectivity index (χ3v) is 3.84. The Morgan fingerprint density at radius 1 is 1.16 bits per heavy atom. The van der Waals surface area contributed by atoms with Crippen molar-refractivity contribution in [2.24, 2.45) is 0 Å². The monoisotopic (exact) mass is 296 g/mol. The highest BCUT2D eigenvalue weighted by Gasteiger charge is 2.16. The molecule has 0 aliphatic heterocycles. The summed E-state index contributed by atoms with van der Waals surface area (Å²) < 4.78 is 5.15. The highest BCUT2D eigenvalue weighted by Crippen LogP contribution is 2.34. The predicted molar refractivity (Wildman–Crippen MR) is 78.3 cm³/mol. The van der Waals surface area contributed by atoms with Crippen LogP contribution in [-0.4, -0.2) is 12.2 Å². The zero-order valence-electron chi connectivity index (χ0n) is 10.7. The second-order valence-electron chi connectivity index (χ2n) is 4.27. The van der Waals surface area contributed by atoms with Crippen LogP contribution in [0.25, 0.3) is 0 Å². The molecule has 2 nitrogen and oxygen atoms in total. The van der Waals surface area contributed by atoms with Crippen LogP contribution in [0.4, 0.5) is 0 Å². The second-order valence-corrected chi connectivity index (χ2v) is 5.06. The zero-order valence-corrected chi connectivity index (χ0v) is 12.2. The van der Waals surface area contributed by atoms with E-state index in [-0.39, 0.29) is 0 Å². The van der Waals surface area contributed by atoms with Gasteiger partial charge in [-0.2, -0.15) is 0 Å². The Morgan fingerprint density at radius 2 is 1.89 bits per heavy atom. The lowest BCUT2D eigenvalue weighted by molar-refractivity contribution is 0.220. The lowest BCUT2D eigenvalue weighted by atomic mass is 9.99. The molecule has 0 aliphatic carbocycles. The van der Waals surface area contributed by atoms with Crippen molar-refractivity contribution in [3.05, 3.63) is 63.1 Å². The van der Waals surface area contributed by atoms with E-state index in [9.17, 15) is 5.11 Å².